The Morgan fingerprint density at radius 1 is 0.964 bits per heavy atom. The molecule has 0 aromatic heterocycles. The molecule has 0 aliphatic carbocycles. The minimum absolute atomic E-state index is 0.118. The van der Waals surface area contributed by atoms with Crippen LogP contribution in [-0.2, 0) is 11.3 Å². The molecule has 1 rings (SSSR count). The number of methoxy groups -OCH3 is 1. The molecule has 1 aromatic rings. The van der Waals surface area contributed by atoms with Gasteiger partial charge < -0.3 is 20.5 Å². The first kappa shape index (κ1) is 24.3. The number of unbranched alkanes of at least 4 members (excludes halogenated alkanes) is 8. The lowest BCUT2D eigenvalue weighted by Crippen LogP contribution is -2.22. The predicted molar refractivity (Wildman–Crippen MR) is 116 cm³/mol. The van der Waals surface area contributed by atoms with Crippen molar-refractivity contribution in [3.8, 4) is 11.5 Å². The van der Waals surface area contributed by atoms with E-state index in [0.717, 1.165) is 56.4 Å². The second-order valence-electron chi connectivity index (χ2n) is 7.33. The van der Waals surface area contributed by atoms with E-state index in [2.05, 4.69) is 12.2 Å². The fourth-order valence-corrected chi connectivity index (χ4v) is 3.08. The number of benzene rings is 1. The summed E-state index contributed by atoms with van der Waals surface area (Å²) in [4.78, 5) is 12.0. The van der Waals surface area contributed by atoms with Crippen molar-refractivity contribution in [3.63, 3.8) is 0 Å². The molecule has 0 radical (unpaired) electrons. The van der Waals surface area contributed by atoms with Crippen molar-refractivity contribution in [1.82, 2.24) is 5.32 Å². The molecule has 1 aromatic carbocycles. The number of hydrogen-bond donors (Lipinski definition) is 2. The molecule has 1 amide bonds. The Morgan fingerprint density at radius 3 is 2.43 bits per heavy atom. The van der Waals surface area contributed by atoms with Crippen molar-refractivity contribution >= 4 is 5.91 Å². The van der Waals surface area contributed by atoms with Gasteiger partial charge in [0.2, 0.25) is 5.91 Å². The third kappa shape index (κ3) is 11.2. The van der Waals surface area contributed by atoms with Crippen LogP contribution >= 0.6 is 0 Å². The maximum absolute atomic E-state index is 12.0. The minimum Gasteiger partial charge on any atom is -0.493 e. The molecule has 5 nitrogen and oxygen atoms in total. The Balaban J connectivity index is 2.29. The molecular formula is C23H40N2O3. The molecule has 0 saturated carbocycles. The van der Waals surface area contributed by atoms with Gasteiger partial charge in [0.25, 0.3) is 0 Å². The monoisotopic (exact) mass is 392 g/mol. The number of ether oxygens (including phenoxy) is 2. The van der Waals surface area contributed by atoms with Gasteiger partial charge in [-0.05, 0) is 43.5 Å². The van der Waals surface area contributed by atoms with Gasteiger partial charge in [0, 0.05) is 13.0 Å². The molecule has 0 bridgehead atoms. The molecule has 0 unspecified atom stereocenters. The van der Waals surface area contributed by atoms with E-state index in [1.54, 1.807) is 7.11 Å². The summed E-state index contributed by atoms with van der Waals surface area (Å²) < 4.78 is 11.3. The first-order valence-corrected chi connectivity index (χ1v) is 11.0. The summed E-state index contributed by atoms with van der Waals surface area (Å²) in [6, 6.07) is 5.85. The van der Waals surface area contributed by atoms with Crippen LogP contribution in [-0.4, -0.2) is 26.2 Å². The molecule has 0 aliphatic heterocycles. The molecule has 3 N–H and O–H groups in total. The lowest BCUT2D eigenvalue weighted by Gasteiger charge is -2.13. The van der Waals surface area contributed by atoms with Crippen LogP contribution in [0.3, 0.4) is 0 Å². The summed E-state index contributed by atoms with van der Waals surface area (Å²) in [7, 11) is 1.64. The molecule has 0 fully saturated rings. The van der Waals surface area contributed by atoms with Crippen molar-refractivity contribution in [2.45, 2.75) is 84.1 Å². The maximum atomic E-state index is 12.0. The standard InChI is InChI=1S/C23H40N2O3/c1-3-4-5-6-7-10-13-23(26)25-19-20-14-15-21(22(18-20)27-2)28-17-12-9-8-11-16-24/h14-15,18H,3-13,16-17,19,24H2,1-2H3,(H,25,26). The van der Waals surface area contributed by atoms with E-state index in [4.69, 9.17) is 15.2 Å². The molecule has 0 atom stereocenters. The third-order valence-electron chi connectivity index (χ3n) is 4.83. The summed E-state index contributed by atoms with van der Waals surface area (Å²) in [6.07, 6.45) is 12.1. The fourth-order valence-electron chi connectivity index (χ4n) is 3.08. The molecular weight excluding hydrogens is 352 g/mol. The lowest BCUT2D eigenvalue weighted by molar-refractivity contribution is -0.121. The van der Waals surface area contributed by atoms with Crippen LogP contribution in [0, 0.1) is 0 Å². The number of hydrogen-bond acceptors (Lipinski definition) is 4. The average Bonchev–Trinajstić information content (AvgIpc) is 2.72. The Bertz CT molecular complexity index is 535. The normalized spacial score (nSPS) is 10.7. The highest BCUT2D eigenvalue weighted by Gasteiger charge is 2.07. The predicted octanol–water partition coefficient (Wildman–Crippen LogP) is 4.96. The van der Waals surface area contributed by atoms with E-state index in [1.807, 2.05) is 18.2 Å². The molecule has 5 heteroatoms. The maximum Gasteiger partial charge on any atom is 0.220 e. The second kappa shape index (κ2) is 16.2. The highest BCUT2D eigenvalue weighted by molar-refractivity contribution is 5.75. The van der Waals surface area contributed by atoms with Crippen LogP contribution in [0.1, 0.15) is 83.1 Å². The van der Waals surface area contributed by atoms with Gasteiger partial charge in [-0.1, -0.05) is 57.9 Å². The van der Waals surface area contributed by atoms with Gasteiger partial charge in [0.05, 0.1) is 13.7 Å². The van der Waals surface area contributed by atoms with Crippen LogP contribution in [0.4, 0.5) is 0 Å². The Labute approximate surface area is 171 Å². The van der Waals surface area contributed by atoms with Crippen LogP contribution < -0.4 is 20.5 Å². The smallest absolute Gasteiger partial charge is 0.220 e. The van der Waals surface area contributed by atoms with Crippen molar-refractivity contribution in [1.29, 1.82) is 0 Å². The van der Waals surface area contributed by atoms with Crippen LogP contribution in [0.15, 0.2) is 18.2 Å². The topological polar surface area (TPSA) is 73.6 Å². The van der Waals surface area contributed by atoms with E-state index in [1.165, 1.54) is 25.7 Å². The summed E-state index contributed by atoms with van der Waals surface area (Å²) in [5, 5.41) is 3.00. The average molecular weight is 393 g/mol. The van der Waals surface area contributed by atoms with Gasteiger partial charge in [-0.3, -0.25) is 4.79 Å². The van der Waals surface area contributed by atoms with Gasteiger partial charge in [0.1, 0.15) is 0 Å². The van der Waals surface area contributed by atoms with Crippen molar-refractivity contribution in [3.05, 3.63) is 23.8 Å². The van der Waals surface area contributed by atoms with Gasteiger partial charge in [-0.25, -0.2) is 0 Å². The highest BCUT2D eigenvalue weighted by Crippen LogP contribution is 2.28. The van der Waals surface area contributed by atoms with Gasteiger partial charge in [0.15, 0.2) is 11.5 Å². The van der Waals surface area contributed by atoms with E-state index in [0.29, 0.717) is 25.3 Å². The molecule has 0 spiro atoms. The zero-order chi connectivity index (χ0) is 20.5. The molecule has 160 valence electrons. The number of carbonyl (C=O) groups is 1. The number of nitrogens with two attached hydrogens (primary N) is 1. The molecule has 28 heavy (non-hydrogen) atoms. The first-order valence-electron chi connectivity index (χ1n) is 11.0. The molecule has 0 aliphatic rings. The van der Waals surface area contributed by atoms with Crippen molar-refractivity contribution in [2.24, 2.45) is 5.73 Å². The highest BCUT2D eigenvalue weighted by atomic mass is 16.5. The molecule has 0 saturated heterocycles. The SMILES string of the molecule is CCCCCCCCC(=O)NCc1ccc(OCCCCCCN)c(OC)c1. The van der Waals surface area contributed by atoms with Crippen LogP contribution in [0.5, 0.6) is 11.5 Å². The largest absolute Gasteiger partial charge is 0.493 e. The zero-order valence-corrected chi connectivity index (χ0v) is 17.9. The Morgan fingerprint density at radius 2 is 1.68 bits per heavy atom. The van der Waals surface area contributed by atoms with E-state index >= 15 is 0 Å². The minimum atomic E-state index is 0.118. The third-order valence-corrected chi connectivity index (χ3v) is 4.83. The molecule has 0 heterocycles. The number of amides is 1. The summed E-state index contributed by atoms with van der Waals surface area (Å²) >= 11 is 0. The Hall–Kier alpha value is -1.75. The van der Waals surface area contributed by atoms with Gasteiger partial charge in [-0.2, -0.15) is 0 Å². The lowest BCUT2D eigenvalue weighted by atomic mass is 10.1. The Kier molecular flexibility index (Phi) is 14.1. The van der Waals surface area contributed by atoms with Gasteiger partial charge in [-0.15, -0.1) is 0 Å². The van der Waals surface area contributed by atoms with Crippen LogP contribution in [0.2, 0.25) is 0 Å². The van der Waals surface area contributed by atoms with Crippen LogP contribution in [0.25, 0.3) is 0 Å². The fraction of sp³-hybridized carbons (Fsp3) is 0.696. The first-order chi connectivity index (χ1) is 13.7. The summed E-state index contributed by atoms with van der Waals surface area (Å²) in [5.74, 6) is 1.58. The number of nitrogens with one attached hydrogen (secondary N) is 1. The number of rotatable bonds is 17. The van der Waals surface area contributed by atoms with E-state index in [9.17, 15) is 4.79 Å². The van der Waals surface area contributed by atoms with Crippen molar-refractivity contribution in [2.75, 3.05) is 20.3 Å². The second-order valence-corrected chi connectivity index (χ2v) is 7.33. The quantitative estimate of drug-likeness (QED) is 0.368. The van der Waals surface area contributed by atoms with Crippen molar-refractivity contribution < 1.29 is 14.3 Å². The zero-order valence-electron chi connectivity index (χ0n) is 17.9. The number of carbonyl (C=O) groups excluding carboxylic acids is 1. The summed E-state index contributed by atoms with van der Waals surface area (Å²) in [5.41, 5.74) is 6.52. The summed E-state index contributed by atoms with van der Waals surface area (Å²) in [6.45, 7) is 4.16. The van der Waals surface area contributed by atoms with E-state index < -0.39 is 0 Å². The van der Waals surface area contributed by atoms with Gasteiger partial charge >= 0.3 is 0 Å². The van der Waals surface area contributed by atoms with E-state index in [-0.39, 0.29) is 5.91 Å².